The first-order valence-corrected chi connectivity index (χ1v) is 6.07. The molecular formula is C15H8BrN. The fourth-order valence-corrected chi connectivity index (χ4v) is 2.64. The molecule has 0 atom stereocenters. The molecule has 0 spiro atoms. The molecule has 0 unspecified atom stereocenters. The lowest BCUT2D eigenvalue weighted by Crippen LogP contribution is -1.79. The normalized spacial score (nSPS) is 14.2. The molecule has 3 rings (SSSR count). The Kier molecular flexibility index (Phi) is 2.35. The van der Waals surface area contributed by atoms with Crippen molar-refractivity contribution in [1.29, 1.82) is 0 Å². The van der Waals surface area contributed by atoms with Crippen molar-refractivity contribution < 1.29 is 0 Å². The van der Waals surface area contributed by atoms with Gasteiger partial charge in [-0.05, 0) is 40.0 Å². The van der Waals surface area contributed by atoms with E-state index < -0.39 is 0 Å². The van der Waals surface area contributed by atoms with Gasteiger partial charge in [-0.15, -0.1) is 0 Å². The van der Waals surface area contributed by atoms with Gasteiger partial charge in [0.25, 0.3) is 0 Å². The van der Waals surface area contributed by atoms with Crippen LogP contribution in [0.1, 0.15) is 11.1 Å². The van der Waals surface area contributed by atoms with E-state index in [0.29, 0.717) is 0 Å². The third-order valence-electron chi connectivity index (χ3n) is 2.97. The Morgan fingerprint density at radius 2 is 1.65 bits per heavy atom. The Morgan fingerprint density at radius 3 is 2.41 bits per heavy atom. The van der Waals surface area contributed by atoms with Crippen LogP contribution in [0.15, 0.2) is 53.1 Å². The highest BCUT2D eigenvalue weighted by Crippen LogP contribution is 2.44. The van der Waals surface area contributed by atoms with Crippen LogP contribution in [-0.4, -0.2) is 0 Å². The summed E-state index contributed by atoms with van der Waals surface area (Å²) in [6.07, 6.45) is 1.61. The molecular weight excluding hydrogens is 274 g/mol. The van der Waals surface area contributed by atoms with E-state index in [9.17, 15) is 0 Å². The van der Waals surface area contributed by atoms with E-state index in [4.69, 9.17) is 6.57 Å². The molecule has 0 heterocycles. The Morgan fingerprint density at radius 1 is 0.941 bits per heavy atom. The SMILES string of the molecule is [C-]#[N+]/C=C1\c2ccccc2-c2cc(Br)ccc21. The Balaban J connectivity index is 2.39. The molecule has 2 aromatic rings. The largest absolute Gasteiger partial charge is 0.245 e. The molecule has 0 saturated carbocycles. The zero-order valence-corrected chi connectivity index (χ0v) is 10.5. The topological polar surface area (TPSA) is 4.36 Å². The van der Waals surface area contributed by atoms with E-state index in [-0.39, 0.29) is 0 Å². The van der Waals surface area contributed by atoms with Gasteiger partial charge in [0.1, 0.15) is 0 Å². The van der Waals surface area contributed by atoms with Gasteiger partial charge >= 0.3 is 0 Å². The maximum Gasteiger partial charge on any atom is 0.162 e. The molecule has 0 amide bonds. The molecule has 1 aliphatic carbocycles. The third kappa shape index (κ3) is 1.51. The van der Waals surface area contributed by atoms with Crippen molar-refractivity contribution >= 4 is 21.5 Å². The van der Waals surface area contributed by atoms with Crippen LogP contribution in [0.3, 0.4) is 0 Å². The van der Waals surface area contributed by atoms with Crippen molar-refractivity contribution in [2.45, 2.75) is 0 Å². The second kappa shape index (κ2) is 3.87. The average Bonchev–Trinajstić information content (AvgIpc) is 2.65. The second-order valence-electron chi connectivity index (χ2n) is 3.91. The molecule has 17 heavy (non-hydrogen) atoms. The Labute approximate surface area is 108 Å². The number of fused-ring (bicyclic) bond motifs is 3. The number of hydrogen-bond donors (Lipinski definition) is 0. The molecule has 0 radical (unpaired) electrons. The summed E-state index contributed by atoms with van der Waals surface area (Å²) in [6, 6.07) is 14.4. The van der Waals surface area contributed by atoms with Crippen molar-refractivity contribution in [3.63, 3.8) is 0 Å². The summed E-state index contributed by atoms with van der Waals surface area (Å²) in [7, 11) is 0. The Bertz CT molecular complexity index is 678. The van der Waals surface area contributed by atoms with Gasteiger partial charge in [-0.3, -0.25) is 0 Å². The molecule has 0 aliphatic heterocycles. The standard InChI is InChI=1S/C15H8BrN/c1-17-9-15-12-5-3-2-4-11(12)14-8-10(16)6-7-13(14)15/h2-9H/b15-9+. The smallest absolute Gasteiger partial charge is 0.162 e. The quantitative estimate of drug-likeness (QED) is 0.525. The van der Waals surface area contributed by atoms with Crippen molar-refractivity contribution in [2.75, 3.05) is 0 Å². The monoisotopic (exact) mass is 281 g/mol. The van der Waals surface area contributed by atoms with E-state index in [2.05, 4.69) is 45.0 Å². The number of nitrogens with zero attached hydrogens (tertiary/aromatic N) is 1. The van der Waals surface area contributed by atoms with Gasteiger partial charge in [-0.25, -0.2) is 4.85 Å². The highest BCUT2D eigenvalue weighted by atomic mass is 79.9. The molecule has 0 aromatic heterocycles. The minimum absolute atomic E-state index is 1.03. The van der Waals surface area contributed by atoms with Crippen molar-refractivity contribution in [3.8, 4) is 11.1 Å². The predicted molar refractivity (Wildman–Crippen MR) is 73.3 cm³/mol. The van der Waals surface area contributed by atoms with E-state index >= 15 is 0 Å². The lowest BCUT2D eigenvalue weighted by atomic mass is 10.1. The molecule has 0 bridgehead atoms. The van der Waals surface area contributed by atoms with Crippen molar-refractivity contribution in [1.82, 2.24) is 0 Å². The van der Waals surface area contributed by atoms with E-state index in [0.717, 1.165) is 21.2 Å². The summed E-state index contributed by atoms with van der Waals surface area (Å²) in [6.45, 7) is 7.03. The molecule has 2 heteroatoms. The lowest BCUT2D eigenvalue weighted by Gasteiger charge is -2.00. The van der Waals surface area contributed by atoms with Gasteiger partial charge in [0.2, 0.25) is 0 Å². The lowest BCUT2D eigenvalue weighted by molar-refractivity contribution is 1.61. The fourth-order valence-electron chi connectivity index (χ4n) is 2.28. The summed E-state index contributed by atoms with van der Waals surface area (Å²) >= 11 is 3.50. The van der Waals surface area contributed by atoms with Gasteiger partial charge < -0.3 is 0 Å². The zero-order valence-electron chi connectivity index (χ0n) is 8.94. The number of hydrogen-bond acceptors (Lipinski definition) is 0. The van der Waals surface area contributed by atoms with Crippen LogP contribution in [0, 0.1) is 6.57 Å². The summed E-state index contributed by atoms with van der Waals surface area (Å²) in [5.41, 5.74) is 5.73. The predicted octanol–water partition coefficient (Wildman–Crippen LogP) is 4.74. The molecule has 0 N–H and O–H groups in total. The van der Waals surface area contributed by atoms with Crippen LogP contribution >= 0.6 is 15.9 Å². The first-order valence-electron chi connectivity index (χ1n) is 5.27. The molecule has 1 nitrogen and oxygen atoms in total. The first kappa shape index (κ1) is 10.3. The summed E-state index contributed by atoms with van der Waals surface area (Å²) in [5.74, 6) is 0. The minimum Gasteiger partial charge on any atom is -0.245 e. The van der Waals surface area contributed by atoms with Gasteiger partial charge in [0.15, 0.2) is 6.20 Å². The van der Waals surface area contributed by atoms with E-state index in [1.807, 2.05) is 18.2 Å². The van der Waals surface area contributed by atoms with Crippen LogP contribution in [0.4, 0.5) is 0 Å². The third-order valence-corrected chi connectivity index (χ3v) is 3.47. The van der Waals surface area contributed by atoms with Gasteiger partial charge in [-0.2, -0.15) is 0 Å². The van der Waals surface area contributed by atoms with Crippen LogP contribution in [0.25, 0.3) is 21.5 Å². The van der Waals surface area contributed by atoms with Crippen LogP contribution in [0.2, 0.25) is 0 Å². The van der Waals surface area contributed by atoms with Crippen molar-refractivity contribution in [2.24, 2.45) is 0 Å². The number of rotatable bonds is 0. The zero-order chi connectivity index (χ0) is 11.8. The van der Waals surface area contributed by atoms with Gasteiger partial charge in [-0.1, -0.05) is 46.3 Å². The van der Waals surface area contributed by atoms with Gasteiger partial charge in [0.05, 0.1) is 6.57 Å². The highest BCUT2D eigenvalue weighted by Gasteiger charge is 2.22. The molecule has 0 saturated heterocycles. The second-order valence-corrected chi connectivity index (χ2v) is 4.82. The average molecular weight is 282 g/mol. The van der Waals surface area contributed by atoms with Gasteiger partial charge in [0, 0.05) is 4.47 Å². The molecule has 0 fully saturated rings. The van der Waals surface area contributed by atoms with E-state index in [1.165, 1.54) is 11.1 Å². The highest BCUT2D eigenvalue weighted by molar-refractivity contribution is 9.10. The summed E-state index contributed by atoms with van der Waals surface area (Å²) in [4.78, 5) is 3.41. The Hall–Kier alpha value is -1.85. The van der Waals surface area contributed by atoms with Crippen molar-refractivity contribution in [3.05, 3.63) is 75.7 Å². The van der Waals surface area contributed by atoms with Crippen LogP contribution in [-0.2, 0) is 0 Å². The summed E-state index contributed by atoms with van der Waals surface area (Å²) in [5, 5.41) is 0. The summed E-state index contributed by atoms with van der Waals surface area (Å²) < 4.78 is 1.06. The maximum atomic E-state index is 7.03. The van der Waals surface area contributed by atoms with E-state index in [1.54, 1.807) is 6.20 Å². The molecule has 2 aromatic carbocycles. The fraction of sp³-hybridized carbons (Fsp3) is 0. The number of halogens is 1. The molecule has 80 valence electrons. The minimum atomic E-state index is 1.03. The number of benzene rings is 2. The van der Waals surface area contributed by atoms with Crippen LogP contribution in [0.5, 0.6) is 0 Å². The molecule has 1 aliphatic rings. The maximum absolute atomic E-state index is 7.03. The first-order chi connectivity index (χ1) is 8.31. The van der Waals surface area contributed by atoms with Crippen LogP contribution < -0.4 is 0 Å².